The number of carbonyl (C=O) groups is 7. The average Bonchev–Trinajstić information content (AvgIpc) is 4.00. The molecule has 0 spiro atoms. The van der Waals surface area contributed by atoms with Gasteiger partial charge in [-0.2, -0.15) is 0 Å². The van der Waals surface area contributed by atoms with Crippen molar-refractivity contribution in [3.63, 3.8) is 0 Å². The molecule has 0 aromatic heterocycles. The molecule has 21 nitrogen and oxygen atoms in total. The molecule has 1 aromatic rings. The van der Waals surface area contributed by atoms with Crippen molar-refractivity contribution in [1.29, 1.82) is 0 Å². The highest BCUT2D eigenvalue weighted by atomic mass is 16.6. The molecule has 78 heavy (non-hydrogen) atoms. The number of ether oxygens (including phenoxy) is 8. The van der Waals surface area contributed by atoms with Gasteiger partial charge in [0.1, 0.15) is 11.6 Å². The van der Waals surface area contributed by atoms with Gasteiger partial charge in [-0.3, -0.25) is 38.5 Å². The minimum absolute atomic E-state index is 0.000649. The third-order valence-corrected chi connectivity index (χ3v) is 15.0. The van der Waals surface area contributed by atoms with Crippen LogP contribution in [0.5, 0.6) is 0 Å². The summed E-state index contributed by atoms with van der Waals surface area (Å²) in [7, 11) is 4.81. The van der Waals surface area contributed by atoms with Crippen LogP contribution in [0.15, 0.2) is 42.5 Å². The molecule has 1 aromatic carbocycles. The van der Waals surface area contributed by atoms with Gasteiger partial charge < -0.3 is 63.6 Å². The highest BCUT2D eigenvalue weighted by molar-refractivity contribution is 6.12. The van der Waals surface area contributed by atoms with E-state index < -0.39 is 47.6 Å². The first-order valence-electron chi connectivity index (χ1n) is 27.9. The Labute approximate surface area is 462 Å². The minimum atomic E-state index is -1.37. The van der Waals surface area contributed by atoms with Crippen molar-refractivity contribution in [3.8, 4) is 0 Å². The number of benzene rings is 1. The van der Waals surface area contributed by atoms with E-state index in [9.17, 15) is 33.6 Å². The molecule has 7 unspecified atom stereocenters. The van der Waals surface area contributed by atoms with Crippen LogP contribution in [0, 0.1) is 17.8 Å². The fourth-order valence-electron chi connectivity index (χ4n) is 9.93. The maximum Gasteiger partial charge on any atom is 0.253 e. The molecular weight excluding hydrogens is 1010 g/mol. The van der Waals surface area contributed by atoms with E-state index >= 15 is 0 Å². The predicted octanol–water partition coefficient (Wildman–Crippen LogP) is 3.21. The number of imide groups is 1. The summed E-state index contributed by atoms with van der Waals surface area (Å²) < 4.78 is 45.0. The largest absolute Gasteiger partial charge is 0.379 e. The maximum absolute atomic E-state index is 14.5. The van der Waals surface area contributed by atoms with Gasteiger partial charge in [0.15, 0.2) is 0 Å². The van der Waals surface area contributed by atoms with Crippen LogP contribution in [0.1, 0.15) is 99.0 Å². The molecule has 1 saturated heterocycles. The molecule has 7 atom stereocenters. The highest BCUT2D eigenvalue weighted by Crippen LogP contribution is 2.47. The maximum atomic E-state index is 14.5. The zero-order valence-electron chi connectivity index (χ0n) is 48.2. The average molecular weight is 1100 g/mol. The molecule has 4 rings (SSSR count). The fourth-order valence-corrected chi connectivity index (χ4v) is 9.93. The van der Waals surface area contributed by atoms with Gasteiger partial charge in [-0.25, -0.2) is 0 Å². The van der Waals surface area contributed by atoms with Gasteiger partial charge in [0.05, 0.1) is 122 Å². The zero-order valence-corrected chi connectivity index (χ0v) is 48.2. The van der Waals surface area contributed by atoms with E-state index in [1.54, 1.807) is 40.0 Å². The number of likely N-dealkylation sites (N-methyl/N-ethyl adjacent to an activating group) is 1. The molecule has 0 radical (unpaired) electrons. The van der Waals surface area contributed by atoms with Crippen molar-refractivity contribution < 1.29 is 71.5 Å². The number of hydrogen-bond donors (Lipinski definition) is 3. The van der Waals surface area contributed by atoms with Crippen LogP contribution < -0.4 is 16.0 Å². The minimum Gasteiger partial charge on any atom is -0.379 e. The molecule has 21 heteroatoms. The second-order valence-electron chi connectivity index (χ2n) is 21.4. The Balaban J connectivity index is 1.13. The second kappa shape index (κ2) is 33.7. The summed E-state index contributed by atoms with van der Waals surface area (Å²) in [5, 5.41) is 8.88. The summed E-state index contributed by atoms with van der Waals surface area (Å²) in [6.07, 6.45) is 5.42. The molecular formula is C57H92N6O15. The Morgan fingerprint density at radius 1 is 0.769 bits per heavy atom. The summed E-state index contributed by atoms with van der Waals surface area (Å²) in [5.41, 5.74) is -0.190. The lowest BCUT2D eigenvalue weighted by Gasteiger charge is -2.41. The summed E-state index contributed by atoms with van der Waals surface area (Å²) in [6.45, 7) is 17.8. The third kappa shape index (κ3) is 20.3. The van der Waals surface area contributed by atoms with Gasteiger partial charge >= 0.3 is 0 Å². The van der Waals surface area contributed by atoms with Crippen molar-refractivity contribution >= 4 is 41.4 Å². The van der Waals surface area contributed by atoms with Gasteiger partial charge in [0, 0.05) is 58.3 Å². The van der Waals surface area contributed by atoms with Crippen LogP contribution in [0.4, 0.5) is 0 Å². The van der Waals surface area contributed by atoms with E-state index in [1.807, 2.05) is 57.7 Å². The van der Waals surface area contributed by atoms with E-state index in [4.69, 9.17) is 37.9 Å². The van der Waals surface area contributed by atoms with E-state index in [0.717, 1.165) is 24.2 Å². The van der Waals surface area contributed by atoms with E-state index in [0.29, 0.717) is 85.4 Å². The summed E-state index contributed by atoms with van der Waals surface area (Å²) in [5.74, 6) is -3.14. The molecule has 3 N–H and O–H groups in total. The van der Waals surface area contributed by atoms with Crippen molar-refractivity contribution in [3.05, 3.63) is 48.0 Å². The molecule has 2 heterocycles. The molecule has 3 aliphatic rings. The Morgan fingerprint density at radius 3 is 1.81 bits per heavy atom. The van der Waals surface area contributed by atoms with Gasteiger partial charge in [0.25, 0.3) is 11.8 Å². The van der Waals surface area contributed by atoms with Crippen molar-refractivity contribution in [2.45, 2.75) is 135 Å². The number of nitrogens with one attached hydrogen (secondary N) is 3. The summed E-state index contributed by atoms with van der Waals surface area (Å²) in [4.78, 5) is 96.9. The standard InChI is InChI=1S/C57H92N6O15/c1-11-41(4)51(45(71-9)38-49(67)62-24-15-18-44(62)52(72-10)42(5)53(68)58-39-57(22-23-57)43-16-13-12-14-17-43)61(8)54(69)50(40(2)3)59-55(70)56(6,7)60-46(64)21-26-73-28-30-75-32-34-77-36-37-78-35-33-76-31-29-74-27-25-63-47(65)19-20-48(63)66/h12-14,16-17,19-20,40-42,44-45,50-52H,11,15,18,21-39H2,1-10H3,(H,58,68)(H,59,70)(H,60,64). The SMILES string of the molecule is CCC(C)C(C(CC(=O)N1CCCC1C(OC)C(C)C(=O)NCC1(c2ccccc2)CC1)OC)N(C)C(=O)C(NC(=O)C(C)(C)NC(=O)CCOCCOCCOCCOCCOCCOCCN1C(=O)C=CC1=O)C(C)C. The zero-order chi connectivity index (χ0) is 57.3. The first-order valence-corrected chi connectivity index (χ1v) is 27.9. The van der Waals surface area contributed by atoms with Crippen molar-refractivity contribution in [2.24, 2.45) is 17.8 Å². The second-order valence-corrected chi connectivity index (χ2v) is 21.4. The first-order chi connectivity index (χ1) is 37.3. The summed E-state index contributed by atoms with van der Waals surface area (Å²) >= 11 is 0. The van der Waals surface area contributed by atoms with Crippen LogP contribution in [0.2, 0.25) is 0 Å². The molecule has 1 saturated carbocycles. The van der Waals surface area contributed by atoms with Crippen LogP contribution in [0.25, 0.3) is 0 Å². The quantitative estimate of drug-likeness (QED) is 0.0632. The molecule has 2 fully saturated rings. The fraction of sp³-hybridized carbons (Fsp3) is 0.737. The van der Waals surface area contributed by atoms with Gasteiger partial charge in [-0.15, -0.1) is 0 Å². The lowest BCUT2D eigenvalue weighted by Crippen LogP contribution is -2.62. The Bertz CT molecular complexity index is 2050. The highest BCUT2D eigenvalue weighted by Gasteiger charge is 2.46. The Hall–Kier alpha value is -4.87. The van der Waals surface area contributed by atoms with Crippen molar-refractivity contribution in [1.82, 2.24) is 30.7 Å². The third-order valence-electron chi connectivity index (χ3n) is 15.0. The van der Waals surface area contributed by atoms with Crippen LogP contribution >= 0.6 is 0 Å². The first kappa shape index (κ1) is 65.6. The number of amides is 7. The number of methoxy groups -OCH3 is 2. The van der Waals surface area contributed by atoms with Crippen LogP contribution in [-0.4, -0.2) is 212 Å². The molecule has 440 valence electrons. The topological polar surface area (TPSA) is 239 Å². The molecule has 2 aliphatic heterocycles. The van der Waals surface area contributed by atoms with E-state index in [-0.39, 0.29) is 92.0 Å². The number of rotatable bonds is 40. The Kier molecular flexibility index (Phi) is 28.3. The number of likely N-dealkylation sites (tertiary alicyclic amines) is 1. The predicted molar refractivity (Wildman–Crippen MR) is 291 cm³/mol. The molecule has 0 bridgehead atoms. The normalized spacial score (nSPS) is 18.4. The monoisotopic (exact) mass is 1100 g/mol. The van der Waals surface area contributed by atoms with Crippen LogP contribution in [0.3, 0.4) is 0 Å². The van der Waals surface area contributed by atoms with Gasteiger partial charge in [-0.05, 0) is 56.9 Å². The molecule has 7 amide bonds. The molecule has 1 aliphatic carbocycles. The lowest BCUT2D eigenvalue weighted by molar-refractivity contribution is -0.148. The van der Waals surface area contributed by atoms with Crippen molar-refractivity contribution in [2.75, 3.05) is 120 Å². The number of nitrogens with zero attached hydrogens (tertiary/aromatic N) is 3. The smallest absolute Gasteiger partial charge is 0.253 e. The van der Waals surface area contributed by atoms with E-state index in [2.05, 4.69) is 28.1 Å². The lowest BCUT2D eigenvalue weighted by atomic mass is 9.89. The number of carbonyl (C=O) groups excluding carboxylic acids is 7. The van der Waals surface area contributed by atoms with Gasteiger partial charge in [0.2, 0.25) is 29.5 Å². The summed E-state index contributed by atoms with van der Waals surface area (Å²) in [6, 6.07) is 8.46. The Morgan fingerprint density at radius 2 is 1.31 bits per heavy atom. The van der Waals surface area contributed by atoms with Gasteiger partial charge in [-0.1, -0.05) is 71.4 Å². The van der Waals surface area contributed by atoms with E-state index in [1.165, 1.54) is 17.7 Å². The number of hydrogen-bond acceptors (Lipinski definition) is 15. The van der Waals surface area contributed by atoms with Crippen LogP contribution in [-0.2, 0) is 76.9 Å².